The first-order valence-corrected chi connectivity index (χ1v) is 10.8. The maximum absolute atomic E-state index is 12.5. The van der Waals surface area contributed by atoms with E-state index in [1.165, 1.54) is 15.6 Å². The standard InChI is InChI=1S/C17H19ClN2O4S2/c1-13-11-14(4-5-15(13)18)24-12-16(21)19-6-8-20(9-7-19)26(22,23)17-3-2-10-25-17/h2-5,10-11H,6-9,12H2,1H3. The first kappa shape index (κ1) is 19.2. The Kier molecular flexibility index (Phi) is 5.86. The Morgan fingerprint density at radius 3 is 2.58 bits per heavy atom. The molecule has 2 heterocycles. The van der Waals surface area contributed by atoms with Crippen molar-refractivity contribution in [1.29, 1.82) is 0 Å². The molecule has 0 unspecified atom stereocenters. The highest BCUT2D eigenvalue weighted by atomic mass is 35.5. The summed E-state index contributed by atoms with van der Waals surface area (Å²) in [5.41, 5.74) is 0.879. The average molecular weight is 415 g/mol. The number of hydrogen-bond donors (Lipinski definition) is 0. The number of hydrogen-bond acceptors (Lipinski definition) is 5. The number of aryl methyl sites for hydroxylation is 1. The number of amides is 1. The molecule has 0 N–H and O–H groups in total. The summed E-state index contributed by atoms with van der Waals surface area (Å²) < 4.78 is 32.3. The Labute approximate surface area is 162 Å². The molecule has 6 nitrogen and oxygen atoms in total. The molecular weight excluding hydrogens is 396 g/mol. The summed E-state index contributed by atoms with van der Waals surface area (Å²) in [4.78, 5) is 13.9. The second-order valence-corrected chi connectivity index (χ2v) is 9.44. The number of ether oxygens (including phenoxy) is 1. The lowest BCUT2D eigenvalue weighted by Gasteiger charge is -2.33. The molecule has 1 aromatic carbocycles. The van der Waals surface area contributed by atoms with Gasteiger partial charge in [0.2, 0.25) is 0 Å². The number of thiophene rings is 1. The number of carbonyl (C=O) groups is 1. The minimum Gasteiger partial charge on any atom is -0.484 e. The predicted octanol–water partition coefficient (Wildman–Crippen LogP) is 2.62. The topological polar surface area (TPSA) is 66.9 Å². The van der Waals surface area contributed by atoms with Crippen molar-refractivity contribution in [3.8, 4) is 5.75 Å². The van der Waals surface area contributed by atoms with E-state index < -0.39 is 10.0 Å². The highest BCUT2D eigenvalue weighted by Gasteiger charge is 2.30. The number of nitrogens with zero attached hydrogens (tertiary/aromatic N) is 2. The largest absolute Gasteiger partial charge is 0.484 e. The van der Waals surface area contributed by atoms with Gasteiger partial charge in [-0.05, 0) is 42.1 Å². The normalized spacial score (nSPS) is 15.8. The van der Waals surface area contributed by atoms with E-state index >= 15 is 0 Å². The van der Waals surface area contributed by atoms with Crippen LogP contribution in [0.1, 0.15) is 5.56 Å². The minimum absolute atomic E-state index is 0.0846. The lowest BCUT2D eigenvalue weighted by atomic mass is 10.2. The zero-order valence-electron chi connectivity index (χ0n) is 14.2. The smallest absolute Gasteiger partial charge is 0.260 e. The lowest BCUT2D eigenvalue weighted by Crippen LogP contribution is -2.51. The maximum atomic E-state index is 12.5. The predicted molar refractivity (Wildman–Crippen MR) is 101 cm³/mol. The molecular formula is C17H19ClN2O4S2. The lowest BCUT2D eigenvalue weighted by molar-refractivity contribution is -0.134. The third-order valence-electron chi connectivity index (χ3n) is 4.17. The quantitative estimate of drug-likeness (QED) is 0.754. The zero-order valence-corrected chi connectivity index (χ0v) is 16.6. The molecule has 1 saturated heterocycles. The van der Waals surface area contributed by atoms with Gasteiger partial charge in [0.25, 0.3) is 15.9 Å². The summed E-state index contributed by atoms with van der Waals surface area (Å²) in [6.07, 6.45) is 0. The van der Waals surface area contributed by atoms with Crippen LogP contribution >= 0.6 is 22.9 Å². The molecule has 0 radical (unpaired) electrons. The number of rotatable bonds is 5. The average Bonchev–Trinajstić information content (AvgIpc) is 3.18. The Morgan fingerprint density at radius 1 is 1.23 bits per heavy atom. The summed E-state index contributed by atoms with van der Waals surface area (Å²) in [5, 5.41) is 2.38. The van der Waals surface area contributed by atoms with Gasteiger partial charge in [-0.15, -0.1) is 11.3 Å². The van der Waals surface area contributed by atoms with Crippen molar-refractivity contribution in [2.75, 3.05) is 32.8 Å². The van der Waals surface area contributed by atoms with Crippen LogP contribution in [-0.2, 0) is 14.8 Å². The van der Waals surface area contributed by atoms with Gasteiger partial charge in [-0.25, -0.2) is 8.42 Å². The van der Waals surface area contributed by atoms with Gasteiger partial charge in [-0.3, -0.25) is 4.79 Å². The number of sulfonamides is 1. The van der Waals surface area contributed by atoms with Gasteiger partial charge >= 0.3 is 0 Å². The molecule has 1 fully saturated rings. The van der Waals surface area contributed by atoms with Gasteiger partial charge in [-0.1, -0.05) is 17.7 Å². The van der Waals surface area contributed by atoms with Crippen LogP contribution in [0, 0.1) is 6.92 Å². The van der Waals surface area contributed by atoms with Crippen molar-refractivity contribution in [3.05, 3.63) is 46.3 Å². The third kappa shape index (κ3) is 4.20. The molecule has 0 atom stereocenters. The number of benzene rings is 1. The van der Waals surface area contributed by atoms with Gasteiger partial charge in [0, 0.05) is 31.2 Å². The first-order chi connectivity index (χ1) is 12.4. The Morgan fingerprint density at radius 2 is 1.96 bits per heavy atom. The van der Waals surface area contributed by atoms with Crippen LogP contribution in [0.25, 0.3) is 0 Å². The fourth-order valence-electron chi connectivity index (χ4n) is 2.66. The number of carbonyl (C=O) groups excluding carboxylic acids is 1. The summed E-state index contributed by atoms with van der Waals surface area (Å²) in [7, 11) is -3.46. The van der Waals surface area contributed by atoms with Crippen molar-refractivity contribution in [1.82, 2.24) is 9.21 Å². The number of piperazine rings is 1. The highest BCUT2D eigenvalue weighted by Crippen LogP contribution is 2.23. The van der Waals surface area contributed by atoms with Gasteiger partial charge in [0.15, 0.2) is 6.61 Å². The molecule has 1 amide bonds. The van der Waals surface area contributed by atoms with E-state index in [1.54, 1.807) is 40.6 Å². The summed E-state index contributed by atoms with van der Waals surface area (Å²) in [5.74, 6) is 0.421. The van der Waals surface area contributed by atoms with E-state index in [9.17, 15) is 13.2 Å². The van der Waals surface area contributed by atoms with Gasteiger partial charge in [0.1, 0.15) is 9.96 Å². The second kappa shape index (κ2) is 7.96. The van der Waals surface area contributed by atoms with Gasteiger partial charge in [0.05, 0.1) is 0 Å². The summed E-state index contributed by atoms with van der Waals surface area (Å²) in [6.45, 7) is 3.06. The van der Waals surface area contributed by atoms with E-state index in [4.69, 9.17) is 16.3 Å². The molecule has 1 aromatic heterocycles. The van der Waals surface area contributed by atoms with Crippen molar-refractivity contribution >= 4 is 38.9 Å². The summed E-state index contributed by atoms with van der Waals surface area (Å²) >= 11 is 7.17. The van der Waals surface area contributed by atoms with Crippen molar-refractivity contribution in [3.63, 3.8) is 0 Å². The van der Waals surface area contributed by atoms with E-state index in [0.29, 0.717) is 28.1 Å². The fraction of sp³-hybridized carbons (Fsp3) is 0.353. The van der Waals surface area contributed by atoms with E-state index in [-0.39, 0.29) is 25.6 Å². The molecule has 0 spiro atoms. The Bertz CT molecular complexity index is 876. The Balaban J connectivity index is 1.53. The molecule has 2 aromatic rings. The van der Waals surface area contributed by atoms with E-state index in [2.05, 4.69) is 0 Å². The van der Waals surface area contributed by atoms with Gasteiger partial charge < -0.3 is 9.64 Å². The van der Waals surface area contributed by atoms with Crippen molar-refractivity contribution in [2.24, 2.45) is 0 Å². The molecule has 1 aliphatic heterocycles. The fourth-order valence-corrected chi connectivity index (χ4v) is 5.34. The monoisotopic (exact) mass is 414 g/mol. The second-order valence-electron chi connectivity index (χ2n) is 5.92. The van der Waals surface area contributed by atoms with Crippen LogP contribution in [0.2, 0.25) is 5.02 Å². The van der Waals surface area contributed by atoms with Crippen LogP contribution in [0.15, 0.2) is 39.9 Å². The van der Waals surface area contributed by atoms with Crippen LogP contribution in [0.3, 0.4) is 0 Å². The first-order valence-electron chi connectivity index (χ1n) is 8.08. The van der Waals surface area contributed by atoms with Crippen LogP contribution in [0.5, 0.6) is 5.75 Å². The van der Waals surface area contributed by atoms with E-state index in [1.807, 2.05) is 6.92 Å². The highest BCUT2D eigenvalue weighted by molar-refractivity contribution is 7.91. The van der Waals surface area contributed by atoms with Crippen LogP contribution < -0.4 is 4.74 Å². The molecule has 140 valence electrons. The number of halogens is 1. The maximum Gasteiger partial charge on any atom is 0.260 e. The molecule has 1 aliphatic rings. The van der Waals surface area contributed by atoms with Crippen LogP contribution in [-0.4, -0.2) is 56.3 Å². The van der Waals surface area contributed by atoms with Crippen LogP contribution in [0.4, 0.5) is 0 Å². The van der Waals surface area contributed by atoms with Gasteiger partial charge in [-0.2, -0.15) is 4.31 Å². The minimum atomic E-state index is -3.46. The molecule has 26 heavy (non-hydrogen) atoms. The van der Waals surface area contributed by atoms with Crippen molar-refractivity contribution < 1.29 is 17.9 Å². The molecule has 0 bridgehead atoms. The zero-order chi connectivity index (χ0) is 18.7. The third-order valence-corrected chi connectivity index (χ3v) is 7.87. The van der Waals surface area contributed by atoms with Crippen molar-refractivity contribution in [2.45, 2.75) is 11.1 Å². The molecule has 0 aliphatic carbocycles. The molecule has 9 heteroatoms. The molecule has 3 rings (SSSR count). The Hall–Kier alpha value is -1.61. The molecule has 0 saturated carbocycles. The summed E-state index contributed by atoms with van der Waals surface area (Å²) in [6, 6.07) is 8.53. The SMILES string of the molecule is Cc1cc(OCC(=O)N2CCN(S(=O)(=O)c3cccs3)CC2)ccc1Cl. The van der Waals surface area contributed by atoms with E-state index in [0.717, 1.165) is 5.56 Å².